The van der Waals surface area contributed by atoms with Crippen LogP contribution >= 0.6 is 0 Å². The third-order valence-corrected chi connectivity index (χ3v) is 3.45. The molecule has 1 heterocycles. The molecule has 0 bridgehead atoms. The molecular weight excluding hydrogens is 292 g/mol. The van der Waals surface area contributed by atoms with E-state index in [1.807, 2.05) is 6.92 Å². The molecule has 0 aliphatic heterocycles. The molecule has 1 aromatic heterocycles. The van der Waals surface area contributed by atoms with Gasteiger partial charge in [-0.2, -0.15) is 5.10 Å². The van der Waals surface area contributed by atoms with Gasteiger partial charge in [0.1, 0.15) is 0 Å². The third kappa shape index (κ3) is 3.42. The first-order valence-electron chi connectivity index (χ1n) is 6.84. The second kappa shape index (κ2) is 6.85. The fraction of sp³-hybridized carbons (Fsp3) is 0.400. The number of halogens is 2. The highest BCUT2D eigenvalue weighted by molar-refractivity contribution is 5.30. The minimum Gasteiger partial charge on any atom is -0.481 e. The summed E-state index contributed by atoms with van der Waals surface area (Å²) in [4.78, 5) is 0. The van der Waals surface area contributed by atoms with E-state index in [4.69, 9.17) is 4.74 Å². The quantitative estimate of drug-likeness (QED) is 0.854. The summed E-state index contributed by atoms with van der Waals surface area (Å²) in [5, 5.41) is 17.3. The van der Waals surface area contributed by atoms with Gasteiger partial charge in [-0.3, -0.25) is 0 Å². The van der Waals surface area contributed by atoms with Gasteiger partial charge in [0.2, 0.25) is 5.88 Å². The highest BCUT2D eigenvalue weighted by atomic mass is 19.2. The first-order valence-corrected chi connectivity index (χ1v) is 6.84. The second-order valence-electron chi connectivity index (χ2n) is 5.02. The van der Waals surface area contributed by atoms with Crippen LogP contribution in [0, 0.1) is 18.6 Å². The molecule has 120 valence electrons. The summed E-state index contributed by atoms with van der Waals surface area (Å²) < 4.78 is 32.9. The fourth-order valence-corrected chi connectivity index (χ4v) is 2.31. The van der Waals surface area contributed by atoms with Gasteiger partial charge in [-0.25, -0.2) is 13.5 Å². The Balaban J connectivity index is 1.97. The van der Waals surface area contributed by atoms with Gasteiger partial charge in [0, 0.05) is 20.1 Å². The number of methoxy groups -OCH3 is 1. The zero-order valence-electron chi connectivity index (χ0n) is 12.7. The van der Waals surface area contributed by atoms with Crippen molar-refractivity contribution in [1.82, 2.24) is 15.1 Å². The lowest BCUT2D eigenvalue weighted by molar-refractivity contribution is 0.173. The predicted molar refractivity (Wildman–Crippen MR) is 77.5 cm³/mol. The molecule has 5 nitrogen and oxygen atoms in total. The highest BCUT2D eigenvalue weighted by Gasteiger charge is 2.15. The third-order valence-electron chi connectivity index (χ3n) is 3.45. The van der Waals surface area contributed by atoms with E-state index in [0.717, 1.165) is 23.4 Å². The Hall–Kier alpha value is -1.99. The Bertz CT molecular complexity index is 658. The molecule has 1 aromatic carbocycles. The van der Waals surface area contributed by atoms with E-state index in [-0.39, 0.29) is 6.54 Å². The number of nitrogens with one attached hydrogen (secondary N) is 1. The lowest BCUT2D eigenvalue weighted by atomic mass is 10.1. The average molecular weight is 311 g/mol. The molecule has 7 heteroatoms. The number of aliphatic hydroxyl groups excluding tert-OH is 1. The van der Waals surface area contributed by atoms with Crippen molar-refractivity contribution >= 4 is 0 Å². The van der Waals surface area contributed by atoms with Gasteiger partial charge < -0.3 is 15.2 Å². The van der Waals surface area contributed by atoms with Crippen molar-refractivity contribution in [2.75, 3.05) is 13.7 Å². The number of aryl methyl sites for hydroxylation is 2. The Morgan fingerprint density at radius 1 is 1.36 bits per heavy atom. The summed E-state index contributed by atoms with van der Waals surface area (Å²) in [5.41, 5.74) is 2.04. The smallest absolute Gasteiger partial charge is 0.216 e. The molecule has 0 aliphatic carbocycles. The van der Waals surface area contributed by atoms with E-state index in [2.05, 4.69) is 10.4 Å². The monoisotopic (exact) mass is 311 g/mol. The van der Waals surface area contributed by atoms with Gasteiger partial charge in [-0.15, -0.1) is 0 Å². The molecule has 0 saturated carbocycles. The largest absolute Gasteiger partial charge is 0.481 e. The van der Waals surface area contributed by atoms with Gasteiger partial charge in [0.15, 0.2) is 11.6 Å². The van der Waals surface area contributed by atoms with Crippen molar-refractivity contribution in [3.05, 3.63) is 46.7 Å². The number of benzene rings is 1. The number of rotatable bonds is 6. The second-order valence-corrected chi connectivity index (χ2v) is 5.02. The predicted octanol–water partition coefficient (Wildman–Crippen LogP) is 1.84. The number of aliphatic hydroxyl groups is 1. The maximum Gasteiger partial charge on any atom is 0.216 e. The molecule has 0 unspecified atom stereocenters. The molecule has 2 N–H and O–H groups in total. The minimum absolute atomic E-state index is 0.197. The summed E-state index contributed by atoms with van der Waals surface area (Å²) in [6.07, 6.45) is -0.932. The van der Waals surface area contributed by atoms with E-state index < -0.39 is 17.7 Å². The Morgan fingerprint density at radius 2 is 2.09 bits per heavy atom. The SMILES string of the molecule is COc1c(CNC[C@H](O)c2ccc(F)c(F)c2)c(C)nn1C. The van der Waals surface area contributed by atoms with Crippen LogP contribution in [0.2, 0.25) is 0 Å². The van der Waals surface area contributed by atoms with Crippen LogP contribution < -0.4 is 10.1 Å². The highest BCUT2D eigenvalue weighted by Crippen LogP contribution is 2.21. The molecule has 0 aliphatic rings. The van der Waals surface area contributed by atoms with Gasteiger partial charge in [0.25, 0.3) is 0 Å². The van der Waals surface area contributed by atoms with Crippen LogP contribution in [-0.4, -0.2) is 28.5 Å². The van der Waals surface area contributed by atoms with Crippen molar-refractivity contribution in [2.24, 2.45) is 7.05 Å². The molecule has 0 saturated heterocycles. The van der Waals surface area contributed by atoms with Crippen LogP contribution in [0.25, 0.3) is 0 Å². The van der Waals surface area contributed by atoms with Gasteiger partial charge in [0.05, 0.1) is 24.5 Å². The van der Waals surface area contributed by atoms with E-state index in [0.29, 0.717) is 18.0 Å². The number of hydrogen-bond donors (Lipinski definition) is 2. The van der Waals surface area contributed by atoms with E-state index >= 15 is 0 Å². The minimum atomic E-state index is -0.971. The molecule has 0 spiro atoms. The first kappa shape index (κ1) is 16.4. The van der Waals surface area contributed by atoms with Crippen LogP contribution in [0.5, 0.6) is 5.88 Å². The molecule has 0 amide bonds. The Labute approximate surface area is 127 Å². The van der Waals surface area contributed by atoms with Crippen LogP contribution in [-0.2, 0) is 13.6 Å². The standard InChI is InChI=1S/C15H19F2N3O2/c1-9-11(15(22-3)20(2)19-9)7-18-8-14(21)10-4-5-12(16)13(17)6-10/h4-6,14,18,21H,7-8H2,1-3H3/t14-/m0/s1. The normalized spacial score (nSPS) is 12.5. The van der Waals surface area contributed by atoms with Crippen LogP contribution in [0.1, 0.15) is 22.9 Å². The van der Waals surface area contributed by atoms with Crippen LogP contribution in [0.15, 0.2) is 18.2 Å². The number of hydrogen-bond acceptors (Lipinski definition) is 4. The van der Waals surface area contributed by atoms with E-state index in [1.54, 1.807) is 18.8 Å². The van der Waals surface area contributed by atoms with Gasteiger partial charge in [-0.1, -0.05) is 6.07 Å². The van der Waals surface area contributed by atoms with E-state index in [1.165, 1.54) is 6.07 Å². The fourth-order valence-electron chi connectivity index (χ4n) is 2.31. The number of ether oxygens (including phenoxy) is 1. The van der Waals surface area contributed by atoms with Gasteiger partial charge in [-0.05, 0) is 24.6 Å². The van der Waals surface area contributed by atoms with Crippen LogP contribution in [0.3, 0.4) is 0 Å². The maximum atomic E-state index is 13.1. The van der Waals surface area contributed by atoms with E-state index in [9.17, 15) is 13.9 Å². The first-order chi connectivity index (χ1) is 10.4. The molecule has 2 aromatic rings. The zero-order valence-corrected chi connectivity index (χ0v) is 12.7. The molecule has 1 atom stereocenters. The lowest BCUT2D eigenvalue weighted by Gasteiger charge is -2.13. The van der Waals surface area contributed by atoms with Crippen molar-refractivity contribution < 1.29 is 18.6 Å². The van der Waals surface area contributed by atoms with Crippen molar-refractivity contribution in [1.29, 1.82) is 0 Å². The van der Waals surface area contributed by atoms with Crippen molar-refractivity contribution in [3.63, 3.8) is 0 Å². The Kier molecular flexibility index (Phi) is 5.10. The topological polar surface area (TPSA) is 59.3 Å². The zero-order chi connectivity index (χ0) is 16.3. The molecular formula is C15H19F2N3O2. The number of aromatic nitrogens is 2. The average Bonchev–Trinajstić information content (AvgIpc) is 2.75. The molecule has 0 fully saturated rings. The van der Waals surface area contributed by atoms with Crippen molar-refractivity contribution in [3.8, 4) is 5.88 Å². The molecule has 0 radical (unpaired) electrons. The lowest BCUT2D eigenvalue weighted by Crippen LogP contribution is -2.21. The molecule has 22 heavy (non-hydrogen) atoms. The summed E-state index contributed by atoms with van der Waals surface area (Å²) in [6, 6.07) is 3.36. The summed E-state index contributed by atoms with van der Waals surface area (Å²) in [5.74, 6) is -1.26. The maximum absolute atomic E-state index is 13.1. The summed E-state index contributed by atoms with van der Waals surface area (Å²) in [6.45, 7) is 2.51. The van der Waals surface area contributed by atoms with Crippen molar-refractivity contribution in [2.45, 2.75) is 19.6 Å². The number of nitrogens with zero attached hydrogens (tertiary/aromatic N) is 2. The van der Waals surface area contributed by atoms with Crippen LogP contribution in [0.4, 0.5) is 8.78 Å². The summed E-state index contributed by atoms with van der Waals surface area (Å²) in [7, 11) is 3.35. The Morgan fingerprint density at radius 3 is 2.73 bits per heavy atom. The summed E-state index contributed by atoms with van der Waals surface area (Å²) >= 11 is 0. The molecule has 2 rings (SSSR count). The van der Waals surface area contributed by atoms with Gasteiger partial charge >= 0.3 is 0 Å².